The molecule has 2 aromatic carbocycles. The summed E-state index contributed by atoms with van der Waals surface area (Å²) in [5, 5.41) is 3.78. The molecule has 0 saturated carbocycles. The summed E-state index contributed by atoms with van der Waals surface area (Å²) in [4.78, 5) is 4.24. The zero-order chi connectivity index (χ0) is 15.7. The lowest BCUT2D eigenvalue weighted by molar-refractivity contribution is 0.594. The normalized spacial score (nSPS) is 12.4. The van der Waals surface area contributed by atoms with E-state index in [0.717, 1.165) is 0 Å². The van der Waals surface area contributed by atoms with Crippen molar-refractivity contribution in [3.05, 3.63) is 71.4 Å². The van der Waals surface area contributed by atoms with Gasteiger partial charge in [-0.05, 0) is 26.0 Å². The molecule has 0 aliphatic rings. The number of halogens is 2. The van der Waals surface area contributed by atoms with Crippen LogP contribution in [0.2, 0.25) is 0 Å². The number of pyridine rings is 1. The monoisotopic (exact) mass is 298 g/mol. The Morgan fingerprint density at radius 2 is 1.68 bits per heavy atom. The van der Waals surface area contributed by atoms with Crippen LogP contribution in [0.4, 0.5) is 14.5 Å². The van der Waals surface area contributed by atoms with E-state index < -0.39 is 5.82 Å². The second kappa shape index (κ2) is 5.72. The van der Waals surface area contributed by atoms with Crippen molar-refractivity contribution in [3.63, 3.8) is 0 Å². The first-order chi connectivity index (χ1) is 10.6. The number of nitrogens with one attached hydrogen (secondary N) is 1. The van der Waals surface area contributed by atoms with Crippen molar-refractivity contribution in [1.29, 1.82) is 0 Å². The molecular formula is C18H16F2N2. The van der Waals surface area contributed by atoms with Gasteiger partial charge in [-0.1, -0.05) is 36.4 Å². The van der Waals surface area contributed by atoms with Crippen molar-refractivity contribution in [2.45, 2.75) is 19.9 Å². The fourth-order valence-corrected chi connectivity index (χ4v) is 2.57. The highest BCUT2D eigenvalue weighted by molar-refractivity contribution is 5.91. The van der Waals surface area contributed by atoms with Gasteiger partial charge in [0.1, 0.15) is 5.82 Å². The number of hydrogen-bond acceptors (Lipinski definition) is 2. The van der Waals surface area contributed by atoms with Gasteiger partial charge >= 0.3 is 0 Å². The van der Waals surface area contributed by atoms with E-state index in [1.165, 1.54) is 6.07 Å². The van der Waals surface area contributed by atoms with Crippen LogP contribution in [-0.4, -0.2) is 4.98 Å². The van der Waals surface area contributed by atoms with Crippen LogP contribution < -0.4 is 5.32 Å². The van der Waals surface area contributed by atoms with E-state index in [4.69, 9.17) is 0 Å². The van der Waals surface area contributed by atoms with Crippen LogP contribution >= 0.6 is 0 Å². The molecule has 4 heteroatoms. The molecule has 3 aromatic rings. The number of anilines is 1. The van der Waals surface area contributed by atoms with Gasteiger partial charge < -0.3 is 5.32 Å². The van der Waals surface area contributed by atoms with Gasteiger partial charge in [0.2, 0.25) is 0 Å². The Kier molecular flexibility index (Phi) is 3.75. The Hall–Kier alpha value is -2.49. The van der Waals surface area contributed by atoms with E-state index in [9.17, 15) is 8.78 Å². The van der Waals surface area contributed by atoms with Crippen molar-refractivity contribution >= 4 is 16.6 Å². The van der Waals surface area contributed by atoms with Crippen LogP contribution in [0.15, 0.2) is 48.5 Å². The molecule has 0 bridgehead atoms. The van der Waals surface area contributed by atoms with Crippen LogP contribution in [0, 0.1) is 18.6 Å². The van der Waals surface area contributed by atoms with Crippen molar-refractivity contribution in [3.8, 4) is 0 Å². The van der Waals surface area contributed by atoms with E-state index in [1.54, 1.807) is 31.2 Å². The molecule has 112 valence electrons. The lowest BCUT2D eigenvalue weighted by Crippen LogP contribution is -2.11. The molecular weight excluding hydrogens is 282 g/mol. The van der Waals surface area contributed by atoms with E-state index in [1.807, 2.05) is 25.1 Å². The average molecular weight is 298 g/mol. The van der Waals surface area contributed by atoms with Gasteiger partial charge in [0.05, 0.1) is 22.9 Å². The van der Waals surface area contributed by atoms with Gasteiger partial charge in [-0.2, -0.15) is 0 Å². The quantitative estimate of drug-likeness (QED) is 0.736. The number of para-hydroxylation sites is 1. The molecule has 2 nitrogen and oxygen atoms in total. The van der Waals surface area contributed by atoms with Gasteiger partial charge in [-0.15, -0.1) is 0 Å². The topological polar surface area (TPSA) is 24.9 Å². The van der Waals surface area contributed by atoms with E-state index in [0.29, 0.717) is 27.8 Å². The lowest BCUT2D eigenvalue weighted by atomic mass is 10.1. The Bertz CT molecular complexity index is 830. The molecule has 1 N–H and O–H groups in total. The first kappa shape index (κ1) is 14.4. The average Bonchev–Trinajstić information content (AvgIpc) is 2.52. The molecule has 22 heavy (non-hydrogen) atoms. The summed E-state index contributed by atoms with van der Waals surface area (Å²) < 4.78 is 28.4. The molecule has 0 spiro atoms. The first-order valence-electron chi connectivity index (χ1n) is 7.13. The molecule has 0 amide bonds. The smallest absolute Gasteiger partial charge is 0.168 e. The standard InChI is InChI=1S/C18H16F2N2/c1-11(13-7-3-5-9-15(13)19)22-18-14-8-4-6-10-16(14)21-12(2)17(18)20/h3-11H,1-2H3,(H,21,22)/t11-/m1/s1. The maximum absolute atomic E-state index is 14.5. The Labute approximate surface area is 127 Å². The van der Waals surface area contributed by atoms with Crippen LogP contribution in [-0.2, 0) is 0 Å². The highest BCUT2D eigenvalue weighted by Crippen LogP contribution is 2.30. The number of hydrogen-bond donors (Lipinski definition) is 1. The number of rotatable bonds is 3. The molecule has 0 saturated heterocycles. The summed E-state index contributed by atoms with van der Waals surface area (Å²) >= 11 is 0. The molecule has 0 radical (unpaired) electrons. The van der Waals surface area contributed by atoms with E-state index >= 15 is 0 Å². The van der Waals surface area contributed by atoms with Crippen molar-refractivity contribution in [2.24, 2.45) is 0 Å². The van der Waals surface area contributed by atoms with Gasteiger partial charge in [0, 0.05) is 10.9 Å². The number of fused-ring (bicyclic) bond motifs is 1. The highest BCUT2D eigenvalue weighted by atomic mass is 19.1. The second-order valence-electron chi connectivity index (χ2n) is 5.29. The fourth-order valence-electron chi connectivity index (χ4n) is 2.57. The molecule has 0 aliphatic carbocycles. The minimum Gasteiger partial charge on any atom is -0.375 e. The fraction of sp³-hybridized carbons (Fsp3) is 0.167. The highest BCUT2D eigenvalue weighted by Gasteiger charge is 2.16. The molecule has 1 heterocycles. The molecule has 1 aromatic heterocycles. The van der Waals surface area contributed by atoms with Crippen LogP contribution in [0.25, 0.3) is 10.9 Å². The van der Waals surface area contributed by atoms with Gasteiger partial charge in [0.25, 0.3) is 0 Å². The zero-order valence-electron chi connectivity index (χ0n) is 12.4. The van der Waals surface area contributed by atoms with Crippen LogP contribution in [0.3, 0.4) is 0 Å². The molecule has 0 unspecified atom stereocenters. The van der Waals surface area contributed by atoms with Crippen LogP contribution in [0.1, 0.15) is 24.2 Å². The van der Waals surface area contributed by atoms with Crippen molar-refractivity contribution < 1.29 is 8.78 Å². The third kappa shape index (κ3) is 2.52. The molecule has 0 aliphatic heterocycles. The maximum Gasteiger partial charge on any atom is 0.168 e. The number of aryl methyl sites for hydroxylation is 1. The molecule has 3 rings (SSSR count). The largest absolute Gasteiger partial charge is 0.375 e. The maximum atomic E-state index is 14.5. The molecule has 0 fully saturated rings. The third-order valence-corrected chi connectivity index (χ3v) is 3.73. The van der Waals surface area contributed by atoms with E-state index in [-0.39, 0.29) is 11.9 Å². The number of nitrogens with zero attached hydrogens (tertiary/aromatic N) is 1. The SMILES string of the molecule is Cc1nc2ccccc2c(N[C@H](C)c2ccccc2F)c1F. The van der Waals surface area contributed by atoms with Crippen molar-refractivity contribution in [1.82, 2.24) is 4.98 Å². The molecule has 1 atom stereocenters. The Morgan fingerprint density at radius 1 is 1.00 bits per heavy atom. The van der Waals surface area contributed by atoms with Crippen LogP contribution in [0.5, 0.6) is 0 Å². The van der Waals surface area contributed by atoms with Gasteiger partial charge in [-0.25, -0.2) is 13.8 Å². The van der Waals surface area contributed by atoms with E-state index in [2.05, 4.69) is 10.3 Å². The summed E-state index contributed by atoms with van der Waals surface area (Å²) in [6, 6.07) is 13.5. The Balaban J connectivity index is 2.07. The predicted molar refractivity (Wildman–Crippen MR) is 84.9 cm³/mol. The summed E-state index contributed by atoms with van der Waals surface area (Å²) in [5.74, 6) is -0.708. The third-order valence-electron chi connectivity index (χ3n) is 3.73. The first-order valence-corrected chi connectivity index (χ1v) is 7.13. The number of benzene rings is 2. The number of aromatic nitrogens is 1. The summed E-state index contributed by atoms with van der Waals surface area (Å²) in [5.41, 5.74) is 1.89. The zero-order valence-corrected chi connectivity index (χ0v) is 12.4. The minimum absolute atomic E-state index is 0.307. The minimum atomic E-state index is -0.401. The van der Waals surface area contributed by atoms with Gasteiger partial charge in [-0.3, -0.25) is 0 Å². The Morgan fingerprint density at radius 3 is 2.45 bits per heavy atom. The predicted octanol–water partition coefficient (Wildman–Crippen LogP) is 4.99. The summed E-state index contributed by atoms with van der Waals surface area (Å²) in [7, 11) is 0. The second-order valence-corrected chi connectivity index (χ2v) is 5.29. The summed E-state index contributed by atoms with van der Waals surface area (Å²) in [6.07, 6.45) is 0. The van der Waals surface area contributed by atoms with Gasteiger partial charge in [0.15, 0.2) is 5.82 Å². The summed E-state index contributed by atoms with van der Waals surface area (Å²) in [6.45, 7) is 3.43. The van der Waals surface area contributed by atoms with Crippen molar-refractivity contribution in [2.75, 3.05) is 5.32 Å². The lowest BCUT2D eigenvalue weighted by Gasteiger charge is -2.19.